The number of aromatic nitrogens is 1. The molecule has 172 valence electrons. The Morgan fingerprint density at radius 3 is 2.72 bits per heavy atom. The Morgan fingerprint density at radius 1 is 1.16 bits per heavy atom. The standard InChI is InChI=1S/C23H29N3O5S/c1-30-19-14-20(27)25-12-11-24(15-16-6-5-13-32-16)10-8-17(25)21(19)22(28)26-9-4-3-7-18(26)23(29)31-2/h5-6,13-14,18H,3-4,7-12,15H2,1-2H3/t18-/m0/s1. The van der Waals surface area contributed by atoms with E-state index in [9.17, 15) is 14.4 Å². The maximum absolute atomic E-state index is 13.8. The average Bonchev–Trinajstić information content (AvgIpc) is 3.24. The number of ether oxygens (including phenoxy) is 2. The second-order valence-corrected chi connectivity index (χ2v) is 9.20. The zero-order chi connectivity index (χ0) is 22.7. The summed E-state index contributed by atoms with van der Waals surface area (Å²) in [6.45, 7) is 3.25. The number of amides is 1. The fourth-order valence-electron chi connectivity index (χ4n) is 4.66. The van der Waals surface area contributed by atoms with E-state index in [1.165, 1.54) is 25.2 Å². The molecule has 1 fully saturated rings. The van der Waals surface area contributed by atoms with E-state index in [0.717, 1.165) is 32.5 Å². The van der Waals surface area contributed by atoms with Gasteiger partial charge in [-0.25, -0.2) is 4.79 Å². The van der Waals surface area contributed by atoms with E-state index in [4.69, 9.17) is 9.47 Å². The Morgan fingerprint density at radius 2 is 2.00 bits per heavy atom. The summed E-state index contributed by atoms with van der Waals surface area (Å²) in [6, 6.07) is 4.92. The lowest BCUT2D eigenvalue weighted by molar-refractivity contribution is -0.147. The maximum atomic E-state index is 13.8. The first-order valence-electron chi connectivity index (χ1n) is 11.0. The van der Waals surface area contributed by atoms with E-state index < -0.39 is 12.0 Å². The van der Waals surface area contributed by atoms with E-state index in [-0.39, 0.29) is 17.2 Å². The molecule has 4 heterocycles. The number of nitrogens with zero attached hydrogens (tertiary/aromatic N) is 3. The summed E-state index contributed by atoms with van der Waals surface area (Å²) >= 11 is 1.71. The normalized spacial score (nSPS) is 19.2. The molecule has 2 aliphatic rings. The van der Waals surface area contributed by atoms with E-state index in [2.05, 4.69) is 16.3 Å². The number of rotatable bonds is 5. The number of likely N-dealkylation sites (tertiary alicyclic amines) is 1. The number of carbonyl (C=O) groups is 2. The number of fused-ring (bicyclic) bond motifs is 1. The van der Waals surface area contributed by atoms with Gasteiger partial charge in [0, 0.05) is 55.8 Å². The third kappa shape index (κ3) is 4.45. The van der Waals surface area contributed by atoms with Crippen molar-refractivity contribution < 1.29 is 19.1 Å². The van der Waals surface area contributed by atoms with Crippen LogP contribution in [0.5, 0.6) is 5.75 Å². The summed E-state index contributed by atoms with van der Waals surface area (Å²) in [5, 5.41) is 2.06. The molecule has 0 bridgehead atoms. The second-order valence-electron chi connectivity index (χ2n) is 8.16. The predicted octanol–water partition coefficient (Wildman–Crippen LogP) is 2.14. The Balaban J connectivity index is 1.68. The van der Waals surface area contributed by atoms with Crippen LogP contribution >= 0.6 is 11.3 Å². The van der Waals surface area contributed by atoms with E-state index >= 15 is 0 Å². The molecule has 9 heteroatoms. The molecule has 1 amide bonds. The fraction of sp³-hybridized carbons (Fsp3) is 0.522. The quantitative estimate of drug-likeness (QED) is 0.638. The minimum Gasteiger partial charge on any atom is -0.496 e. The minimum absolute atomic E-state index is 0.172. The molecule has 1 saturated heterocycles. The number of carbonyl (C=O) groups excluding carboxylic acids is 2. The molecule has 0 spiro atoms. The first-order valence-corrected chi connectivity index (χ1v) is 11.9. The van der Waals surface area contributed by atoms with Gasteiger partial charge in [-0.3, -0.25) is 14.5 Å². The van der Waals surface area contributed by atoms with Gasteiger partial charge in [0.25, 0.3) is 11.5 Å². The van der Waals surface area contributed by atoms with Crippen molar-refractivity contribution >= 4 is 23.2 Å². The summed E-state index contributed by atoms with van der Waals surface area (Å²) in [6.07, 6.45) is 2.82. The monoisotopic (exact) mass is 459 g/mol. The number of methoxy groups -OCH3 is 2. The molecule has 0 unspecified atom stereocenters. The van der Waals surface area contributed by atoms with Gasteiger partial charge in [0.05, 0.1) is 14.2 Å². The number of thiophene rings is 1. The van der Waals surface area contributed by atoms with Gasteiger partial charge >= 0.3 is 5.97 Å². The van der Waals surface area contributed by atoms with Gasteiger partial charge in [-0.15, -0.1) is 11.3 Å². The third-order valence-electron chi connectivity index (χ3n) is 6.32. The first-order chi connectivity index (χ1) is 15.5. The largest absolute Gasteiger partial charge is 0.496 e. The molecule has 2 aromatic rings. The van der Waals surface area contributed by atoms with Crippen molar-refractivity contribution in [3.8, 4) is 5.75 Å². The number of pyridine rings is 1. The van der Waals surface area contributed by atoms with E-state index in [0.29, 0.717) is 37.2 Å². The van der Waals surface area contributed by atoms with Crippen LogP contribution in [-0.2, 0) is 29.0 Å². The van der Waals surface area contributed by atoms with Crippen LogP contribution in [-0.4, -0.2) is 66.1 Å². The van der Waals surface area contributed by atoms with Crippen LogP contribution in [0.1, 0.15) is 40.2 Å². The molecule has 0 radical (unpaired) electrons. The van der Waals surface area contributed by atoms with Crippen molar-refractivity contribution in [2.45, 2.75) is 44.8 Å². The molecule has 2 aromatic heterocycles. The number of piperidine rings is 1. The number of hydrogen-bond acceptors (Lipinski definition) is 7. The van der Waals surface area contributed by atoms with Gasteiger partial charge < -0.3 is 18.9 Å². The van der Waals surface area contributed by atoms with Gasteiger partial charge in [-0.05, 0) is 30.7 Å². The molecular formula is C23H29N3O5S. The van der Waals surface area contributed by atoms with Gasteiger partial charge in [0.2, 0.25) is 0 Å². The van der Waals surface area contributed by atoms with Crippen molar-refractivity contribution in [1.82, 2.24) is 14.4 Å². The van der Waals surface area contributed by atoms with E-state index in [1.807, 2.05) is 6.07 Å². The van der Waals surface area contributed by atoms with Crippen LogP contribution in [0, 0.1) is 0 Å². The molecule has 0 saturated carbocycles. The zero-order valence-electron chi connectivity index (χ0n) is 18.5. The molecule has 0 aromatic carbocycles. The van der Waals surface area contributed by atoms with Gasteiger partial charge in [-0.2, -0.15) is 0 Å². The molecule has 0 N–H and O–H groups in total. The van der Waals surface area contributed by atoms with E-state index in [1.54, 1.807) is 20.8 Å². The molecule has 0 aliphatic carbocycles. The van der Waals surface area contributed by atoms with Crippen molar-refractivity contribution in [2.24, 2.45) is 0 Å². The molecule has 2 aliphatic heterocycles. The van der Waals surface area contributed by atoms with Crippen LogP contribution in [0.3, 0.4) is 0 Å². The number of hydrogen-bond donors (Lipinski definition) is 0. The minimum atomic E-state index is -0.611. The van der Waals surface area contributed by atoms with Crippen LogP contribution in [0.25, 0.3) is 0 Å². The lowest BCUT2D eigenvalue weighted by Crippen LogP contribution is -2.49. The average molecular weight is 460 g/mol. The highest BCUT2D eigenvalue weighted by atomic mass is 32.1. The highest BCUT2D eigenvalue weighted by molar-refractivity contribution is 7.09. The topological polar surface area (TPSA) is 81.1 Å². The summed E-state index contributed by atoms with van der Waals surface area (Å²) in [5.74, 6) is -0.405. The number of esters is 1. The second kappa shape index (κ2) is 9.87. The molecule has 1 atom stereocenters. The summed E-state index contributed by atoms with van der Waals surface area (Å²) < 4.78 is 12.1. The van der Waals surface area contributed by atoms with Gasteiger partial charge in [0.1, 0.15) is 17.4 Å². The van der Waals surface area contributed by atoms with Crippen LogP contribution < -0.4 is 10.3 Å². The Labute approximate surface area is 191 Å². The van der Waals surface area contributed by atoms with Crippen molar-refractivity contribution in [1.29, 1.82) is 0 Å². The van der Waals surface area contributed by atoms with Gasteiger partial charge in [-0.1, -0.05) is 6.07 Å². The van der Waals surface area contributed by atoms with Crippen molar-refractivity contribution in [2.75, 3.05) is 33.9 Å². The Hall–Kier alpha value is -2.65. The van der Waals surface area contributed by atoms with Crippen LogP contribution in [0.4, 0.5) is 0 Å². The third-order valence-corrected chi connectivity index (χ3v) is 7.18. The zero-order valence-corrected chi connectivity index (χ0v) is 19.4. The lowest BCUT2D eigenvalue weighted by Gasteiger charge is -2.34. The summed E-state index contributed by atoms with van der Waals surface area (Å²) in [5.41, 5.74) is 0.901. The fourth-order valence-corrected chi connectivity index (χ4v) is 5.41. The maximum Gasteiger partial charge on any atom is 0.328 e. The van der Waals surface area contributed by atoms with Crippen molar-refractivity contribution in [3.63, 3.8) is 0 Å². The molecule has 32 heavy (non-hydrogen) atoms. The lowest BCUT2D eigenvalue weighted by atomic mass is 9.99. The van der Waals surface area contributed by atoms with Crippen LogP contribution in [0.2, 0.25) is 0 Å². The smallest absolute Gasteiger partial charge is 0.328 e. The molecule has 8 nitrogen and oxygen atoms in total. The highest BCUT2D eigenvalue weighted by Crippen LogP contribution is 2.28. The molecule has 4 rings (SSSR count). The molecular weight excluding hydrogens is 430 g/mol. The first kappa shape index (κ1) is 22.5. The summed E-state index contributed by atoms with van der Waals surface area (Å²) in [4.78, 5) is 44.1. The Kier molecular flexibility index (Phi) is 6.95. The predicted molar refractivity (Wildman–Crippen MR) is 121 cm³/mol. The van der Waals surface area contributed by atoms with Crippen LogP contribution in [0.15, 0.2) is 28.4 Å². The van der Waals surface area contributed by atoms with Gasteiger partial charge in [0.15, 0.2) is 0 Å². The summed E-state index contributed by atoms with van der Waals surface area (Å²) in [7, 11) is 2.81. The SMILES string of the molecule is COC(=O)[C@@H]1CCCCN1C(=O)c1c(OC)cc(=O)n2c1CCN(Cc1cccs1)CC2. The highest BCUT2D eigenvalue weighted by Gasteiger charge is 2.36. The van der Waals surface area contributed by atoms with Crippen molar-refractivity contribution in [3.05, 3.63) is 50.1 Å². The Bertz CT molecular complexity index is 1030.